The number of anilines is 1. The van der Waals surface area contributed by atoms with Crippen molar-refractivity contribution in [2.24, 2.45) is 0 Å². The van der Waals surface area contributed by atoms with Crippen LogP contribution in [-0.2, 0) is 4.74 Å². The van der Waals surface area contributed by atoms with Gasteiger partial charge in [0.05, 0.1) is 12.2 Å². The Kier molecular flexibility index (Phi) is 4.79. The number of nitrogens with one attached hydrogen (secondary N) is 1. The highest BCUT2D eigenvalue weighted by Crippen LogP contribution is 2.15. The predicted octanol–water partition coefficient (Wildman–Crippen LogP) is 1.34. The number of hydrogen-bond donors (Lipinski definition) is 2. The Hall–Kier alpha value is -1.55. The highest BCUT2D eigenvalue weighted by atomic mass is 16.5. The first-order chi connectivity index (χ1) is 7.66. The summed E-state index contributed by atoms with van der Waals surface area (Å²) in [4.78, 5) is 11.7. The monoisotopic (exact) mass is 222 g/mol. The van der Waals surface area contributed by atoms with Crippen LogP contribution in [-0.4, -0.2) is 25.7 Å². The van der Waals surface area contributed by atoms with Crippen LogP contribution in [0.2, 0.25) is 0 Å². The van der Waals surface area contributed by atoms with Crippen molar-refractivity contribution in [1.82, 2.24) is 5.32 Å². The number of carbonyl (C=O) groups is 1. The zero-order chi connectivity index (χ0) is 12.0. The van der Waals surface area contributed by atoms with Gasteiger partial charge in [0.25, 0.3) is 5.91 Å². The van der Waals surface area contributed by atoms with Gasteiger partial charge in [0.2, 0.25) is 0 Å². The van der Waals surface area contributed by atoms with Crippen LogP contribution in [0, 0.1) is 6.92 Å². The fourth-order valence-corrected chi connectivity index (χ4v) is 1.35. The van der Waals surface area contributed by atoms with Gasteiger partial charge in [-0.05, 0) is 25.5 Å². The third kappa shape index (κ3) is 3.24. The molecule has 1 amide bonds. The summed E-state index contributed by atoms with van der Waals surface area (Å²) in [6.45, 7) is 5.48. The topological polar surface area (TPSA) is 64.3 Å². The lowest BCUT2D eigenvalue weighted by atomic mass is 10.1. The average Bonchev–Trinajstić information content (AvgIpc) is 2.28. The third-order valence-corrected chi connectivity index (χ3v) is 2.30. The van der Waals surface area contributed by atoms with Crippen LogP contribution in [0.1, 0.15) is 22.8 Å². The molecule has 0 unspecified atom stereocenters. The summed E-state index contributed by atoms with van der Waals surface area (Å²) in [7, 11) is 0. The Morgan fingerprint density at radius 1 is 1.50 bits per heavy atom. The molecule has 88 valence electrons. The van der Waals surface area contributed by atoms with E-state index in [-0.39, 0.29) is 5.91 Å². The van der Waals surface area contributed by atoms with E-state index in [2.05, 4.69) is 5.32 Å². The number of nitrogen functional groups attached to an aromatic ring is 1. The van der Waals surface area contributed by atoms with Crippen molar-refractivity contribution in [2.45, 2.75) is 13.8 Å². The zero-order valence-electron chi connectivity index (χ0n) is 9.75. The van der Waals surface area contributed by atoms with Crippen molar-refractivity contribution in [2.75, 3.05) is 25.5 Å². The summed E-state index contributed by atoms with van der Waals surface area (Å²) in [5.74, 6) is -0.152. The van der Waals surface area contributed by atoms with Crippen molar-refractivity contribution >= 4 is 11.6 Å². The molecule has 1 aromatic rings. The number of amides is 1. The Morgan fingerprint density at radius 3 is 2.94 bits per heavy atom. The number of aryl methyl sites for hydroxylation is 1. The zero-order valence-corrected chi connectivity index (χ0v) is 9.75. The summed E-state index contributed by atoms with van der Waals surface area (Å²) >= 11 is 0. The third-order valence-electron chi connectivity index (χ3n) is 2.30. The SMILES string of the molecule is CCOCCNC(=O)c1cccc(C)c1N. The van der Waals surface area contributed by atoms with E-state index in [4.69, 9.17) is 10.5 Å². The molecule has 0 aliphatic heterocycles. The molecule has 3 N–H and O–H groups in total. The molecule has 0 saturated heterocycles. The molecule has 0 radical (unpaired) electrons. The lowest BCUT2D eigenvalue weighted by Gasteiger charge is -2.09. The molecule has 0 aromatic heterocycles. The highest BCUT2D eigenvalue weighted by molar-refractivity contribution is 5.99. The van der Waals surface area contributed by atoms with E-state index < -0.39 is 0 Å². The van der Waals surface area contributed by atoms with Crippen LogP contribution in [0.25, 0.3) is 0 Å². The maximum Gasteiger partial charge on any atom is 0.253 e. The molecular weight excluding hydrogens is 204 g/mol. The van der Waals surface area contributed by atoms with Gasteiger partial charge in [-0.2, -0.15) is 0 Å². The number of benzene rings is 1. The minimum absolute atomic E-state index is 0.152. The molecule has 16 heavy (non-hydrogen) atoms. The van der Waals surface area contributed by atoms with Gasteiger partial charge in [-0.3, -0.25) is 4.79 Å². The van der Waals surface area contributed by atoms with Gasteiger partial charge in [-0.1, -0.05) is 12.1 Å². The molecule has 0 spiro atoms. The van der Waals surface area contributed by atoms with Crippen LogP contribution in [0.15, 0.2) is 18.2 Å². The lowest BCUT2D eigenvalue weighted by molar-refractivity contribution is 0.0923. The van der Waals surface area contributed by atoms with Crippen molar-refractivity contribution in [3.63, 3.8) is 0 Å². The van der Waals surface area contributed by atoms with Gasteiger partial charge >= 0.3 is 0 Å². The van der Waals surface area contributed by atoms with Crippen molar-refractivity contribution < 1.29 is 9.53 Å². The molecule has 1 aromatic carbocycles. The second kappa shape index (κ2) is 6.12. The van der Waals surface area contributed by atoms with E-state index in [1.54, 1.807) is 6.07 Å². The molecule has 0 atom stereocenters. The molecule has 4 nitrogen and oxygen atoms in total. The fourth-order valence-electron chi connectivity index (χ4n) is 1.35. The molecular formula is C12H18N2O2. The molecule has 0 aliphatic carbocycles. The van der Waals surface area contributed by atoms with Crippen LogP contribution in [0.3, 0.4) is 0 Å². The van der Waals surface area contributed by atoms with Crippen LogP contribution < -0.4 is 11.1 Å². The molecule has 4 heteroatoms. The summed E-state index contributed by atoms with van der Waals surface area (Å²) in [6.07, 6.45) is 0. The number of carbonyl (C=O) groups excluding carboxylic acids is 1. The van der Waals surface area contributed by atoms with E-state index in [0.29, 0.717) is 31.0 Å². The smallest absolute Gasteiger partial charge is 0.253 e. The largest absolute Gasteiger partial charge is 0.398 e. The standard InChI is InChI=1S/C12H18N2O2/c1-3-16-8-7-14-12(15)10-6-4-5-9(2)11(10)13/h4-6H,3,7-8,13H2,1-2H3,(H,14,15). The van der Waals surface area contributed by atoms with E-state index in [1.165, 1.54) is 0 Å². The maximum atomic E-state index is 11.7. The first kappa shape index (κ1) is 12.5. The van der Waals surface area contributed by atoms with Gasteiger partial charge in [0.1, 0.15) is 0 Å². The maximum absolute atomic E-state index is 11.7. The van der Waals surface area contributed by atoms with E-state index in [9.17, 15) is 4.79 Å². The Labute approximate surface area is 95.8 Å². The Bertz CT molecular complexity index is 364. The summed E-state index contributed by atoms with van der Waals surface area (Å²) in [6, 6.07) is 5.42. The predicted molar refractivity (Wildman–Crippen MR) is 64.4 cm³/mol. The number of para-hydroxylation sites is 1. The molecule has 0 bridgehead atoms. The fraction of sp³-hybridized carbons (Fsp3) is 0.417. The van der Waals surface area contributed by atoms with E-state index in [1.807, 2.05) is 26.0 Å². The molecule has 0 heterocycles. The van der Waals surface area contributed by atoms with E-state index in [0.717, 1.165) is 5.56 Å². The van der Waals surface area contributed by atoms with Crippen molar-refractivity contribution in [1.29, 1.82) is 0 Å². The summed E-state index contributed by atoms with van der Waals surface area (Å²) in [5.41, 5.74) is 7.80. The van der Waals surface area contributed by atoms with Crippen molar-refractivity contribution in [3.05, 3.63) is 29.3 Å². The quantitative estimate of drug-likeness (QED) is 0.583. The van der Waals surface area contributed by atoms with Crippen LogP contribution >= 0.6 is 0 Å². The minimum Gasteiger partial charge on any atom is -0.398 e. The van der Waals surface area contributed by atoms with Gasteiger partial charge in [-0.15, -0.1) is 0 Å². The number of rotatable bonds is 5. The normalized spacial score (nSPS) is 10.1. The van der Waals surface area contributed by atoms with Crippen LogP contribution in [0.4, 0.5) is 5.69 Å². The van der Waals surface area contributed by atoms with Crippen LogP contribution in [0.5, 0.6) is 0 Å². The number of hydrogen-bond acceptors (Lipinski definition) is 3. The number of nitrogens with two attached hydrogens (primary N) is 1. The van der Waals surface area contributed by atoms with Gasteiger partial charge < -0.3 is 15.8 Å². The highest BCUT2D eigenvalue weighted by Gasteiger charge is 2.09. The average molecular weight is 222 g/mol. The Balaban J connectivity index is 2.56. The Morgan fingerprint density at radius 2 is 2.25 bits per heavy atom. The minimum atomic E-state index is -0.152. The molecule has 0 saturated carbocycles. The lowest BCUT2D eigenvalue weighted by Crippen LogP contribution is -2.28. The van der Waals surface area contributed by atoms with Crippen molar-refractivity contribution in [3.8, 4) is 0 Å². The number of ether oxygens (including phenoxy) is 1. The second-order valence-corrected chi connectivity index (χ2v) is 3.49. The van der Waals surface area contributed by atoms with E-state index >= 15 is 0 Å². The molecule has 0 aliphatic rings. The first-order valence-corrected chi connectivity index (χ1v) is 5.37. The molecule has 1 rings (SSSR count). The van der Waals surface area contributed by atoms with Gasteiger partial charge in [0, 0.05) is 18.8 Å². The molecule has 0 fully saturated rings. The summed E-state index contributed by atoms with van der Waals surface area (Å²) in [5, 5.41) is 2.76. The van der Waals surface area contributed by atoms with Gasteiger partial charge in [0.15, 0.2) is 0 Å². The van der Waals surface area contributed by atoms with Gasteiger partial charge in [-0.25, -0.2) is 0 Å². The summed E-state index contributed by atoms with van der Waals surface area (Å²) < 4.78 is 5.13. The first-order valence-electron chi connectivity index (χ1n) is 5.37. The second-order valence-electron chi connectivity index (χ2n) is 3.49.